The average molecular weight is 329 g/mol. The Morgan fingerprint density at radius 3 is 1.92 bits per heavy atom. The Hall–Kier alpha value is -1.89. The van der Waals surface area contributed by atoms with Gasteiger partial charge in [-0.25, -0.2) is 0 Å². The molecule has 1 heteroatoms. The molecule has 0 radical (unpaired) electrons. The Morgan fingerprint density at radius 2 is 1.36 bits per heavy atom. The van der Waals surface area contributed by atoms with Crippen LogP contribution in [-0.4, -0.2) is 6.21 Å². The van der Waals surface area contributed by atoms with Crippen LogP contribution in [0, 0.1) is 24.7 Å². The van der Waals surface area contributed by atoms with Crippen molar-refractivity contribution in [2.45, 2.75) is 50.9 Å². The molecule has 2 aromatic carbocycles. The normalized spacial score (nSPS) is 33.2. The highest BCUT2D eigenvalue weighted by atomic mass is 14.7. The van der Waals surface area contributed by atoms with Gasteiger partial charge in [0.1, 0.15) is 0 Å². The molecule has 0 saturated heterocycles. The summed E-state index contributed by atoms with van der Waals surface area (Å²) in [5.41, 5.74) is 5.59. The standard InChI is InChI=1S/C24H27N/c1-17-2-4-18(5-3-17)16-25-23-8-6-22(7-9-23)24-13-19-10-20(14-24)12-21(11-19)15-24/h2-9,16,19-21H,10-15H2,1H3. The maximum absolute atomic E-state index is 4.67. The fourth-order valence-electron chi connectivity index (χ4n) is 6.17. The molecule has 4 aliphatic rings. The summed E-state index contributed by atoms with van der Waals surface area (Å²) in [6.07, 6.45) is 10.8. The first-order valence-electron chi connectivity index (χ1n) is 9.90. The lowest BCUT2D eigenvalue weighted by Crippen LogP contribution is -2.48. The fraction of sp³-hybridized carbons (Fsp3) is 0.458. The van der Waals surface area contributed by atoms with Crippen molar-refractivity contribution in [3.05, 3.63) is 65.2 Å². The highest BCUT2D eigenvalue weighted by molar-refractivity contribution is 5.81. The van der Waals surface area contributed by atoms with Crippen molar-refractivity contribution in [1.82, 2.24) is 0 Å². The monoisotopic (exact) mass is 329 g/mol. The van der Waals surface area contributed by atoms with Crippen LogP contribution in [0.1, 0.15) is 55.2 Å². The lowest BCUT2D eigenvalue weighted by atomic mass is 9.48. The van der Waals surface area contributed by atoms with Crippen molar-refractivity contribution in [3.63, 3.8) is 0 Å². The molecule has 0 aromatic heterocycles. The molecule has 6 rings (SSSR count). The number of nitrogens with zero attached hydrogens (tertiary/aromatic N) is 1. The van der Waals surface area contributed by atoms with Gasteiger partial charge in [0.2, 0.25) is 0 Å². The molecule has 0 unspecified atom stereocenters. The summed E-state index contributed by atoms with van der Waals surface area (Å²) in [5, 5.41) is 0. The van der Waals surface area contributed by atoms with Gasteiger partial charge in [-0.05, 0) is 91.9 Å². The zero-order valence-corrected chi connectivity index (χ0v) is 15.1. The van der Waals surface area contributed by atoms with Gasteiger partial charge >= 0.3 is 0 Å². The van der Waals surface area contributed by atoms with Crippen molar-refractivity contribution in [1.29, 1.82) is 0 Å². The number of rotatable bonds is 3. The molecule has 0 aliphatic heterocycles. The van der Waals surface area contributed by atoms with Crippen LogP contribution < -0.4 is 0 Å². The van der Waals surface area contributed by atoms with Crippen LogP contribution in [0.4, 0.5) is 5.69 Å². The third-order valence-electron chi connectivity index (χ3n) is 6.96. The number of aliphatic imine (C=N–C) groups is 1. The Morgan fingerprint density at radius 1 is 0.800 bits per heavy atom. The van der Waals surface area contributed by atoms with E-state index in [4.69, 9.17) is 0 Å². The minimum absolute atomic E-state index is 0.494. The van der Waals surface area contributed by atoms with Gasteiger partial charge in [-0.3, -0.25) is 4.99 Å². The van der Waals surface area contributed by atoms with Crippen molar-refractivity contribution in [2.24, 2.45) is 22.7 Å². The van der Waals surface area contributed by atoms with Crippen molar-refractivity contribution in [2.75, 3.05) is 0 Å². The quantitative estimate of drug-likeness (QED) is 0.593. The maximum atomic E-state index is 4.67. The van der Waals surface area contributed by atoms with E-state index in [0.717, 1.165) is 29.0 Å². The Balaban J connectivity index is 1.36. The largest absolute Gasteiger partial charge is 0.256 e. The molecular weight excluding hydrogens is 302 g/mol. The minimum Gasteiger partial charge on any atom is -0.256 e. The van der Waals surface area contributed by atoms with Crippen LogP contribution >= 0.6 is 0 Å². The van der Waals surface area contributed by atoms with E-state index in [1.165, 1.54) is 44.1 Å². The molecule has 0 heterocycles. The average Bonchev–Trinajstić information content (AvgIpc) is 2.60. The highest BCUT2D eigenvalue weighted by Crippen LogP contribution is 2.60. The van der Waals surface area contributed by atoms with Crippen LogP contribution in [0.5, 0.6) is 0 Å². The molecule has 0 N–H and O–H groups in total. The molecule has 0 atom stereocenters. The first kappa shape index (κ1) is 15.4. The molecule has 128 valence electrons. The summed E-state index contributed by atoms with van der Waals surface area (Å²) < 4.78 is 0. The predicted molar refractivity (Wildman–Crippen MR) is 105 cm³/mol. The molecule has 4 saturated carbocycles. The van der Waals surface area contributed by atoms with Gasteiger partial charge in [0.05, 0.1) is 5.69 Å². The first-order valence-corrected chi connectivity index (χ1v) is 9.90. The molecule has 25 heavy (non-hydrogen) atoms. The van der Waals surface area contributed by atoms with E-state index in [1.807, 2.05) is 6.21 Å². The summed E-state index contributed by atoms with van der Waals surface area (Å²) >= 11 is 0. The molecule has 4 fully saturated rings. The third kappa shape index (κ3) is 2.84. The van der Waals surface area contributed by atoms with E-state index in [9.17, 15) is 0 Å². The second kappa shape index (κ2) is 5.83. The van der Waals surface area contributed by atoms with E-state index >= 15 is 0 Å². The maximum Gasteiger partial charge on any atom is 0.0630 e. The van der Waals surface area contributed by atoms with Gasteiger partial charge in [-0.2, -0.15) is 0 Å². The Kier molecular flexibility index (Phi) is 3.58. The van der Waals surface area contributed by atoms with Crippen molar-refractivity contribution < 1.29 is 0 Å². The molecule has 4 bridgehead atoms. The van der Waals surface area contributed by atoms with Crippen LogP contribution in [0.15, 0.2) is 53.5 Å². The minimum atomic E-state index is 0.494. The fourth-order valence-corrected chi connectivity index (χ4v) is 6.17. The van der Waals surface area contributed by atoms with Gasteiger partial charge in [-0.15, -0.1) is 0 Å². The molecule has 2 aromatic rings. The Bertz CT molecular complexity index is 747. The second-order valence-electron chi connectivity index (χ2n) is 8.91. The van der Waals surface area contributed by atoms with Crippen LogP contribution in [0.3, 0.4) is 0 Å². The zero-order chi connectivity index (χ0) is 16.9. The van der Waals surface area contributed by atoms with E-state index in [1.54, 1.807) is 5.56 Å². The summed E-state index contributed by atoms with van der Waals surface area (Å²) in [6.45, 7) is 2.12. The van der Waals surface area contributed by atoms with E-state index in [0.29, 0.717) is 5.41 Å². The third-order valence-corrected chi connectivity index (χ3v) is 6.96. The van der Waals surface area contributed by atoms with Crippen LogP contribution in [-0.2, 0) is 5.41 Å². The molecule has 0 amide bonds. The molecule has 1 nitrogen and oxygen atoms in total. The van der Waals surface area contributed by atoms with Crippen LogP contribution in [0.25, 0.3) is 0 Å². The van der Waals surface area contributed by atoms with Crippen molar-refractivity contribution >= 4 is 11.9 Å². The zero-order valence-electron chi connectivity index (χ0n) is 15.1. The van der Waals surface area contributed by atoms with Gasteiger partial charge < -0.3 is 0 Å². The number of aryl methyl sites for hydroxylation is 1. The van der Waals surface area contributed by atoms with E-state index in [-0.39, 0.29) is 0 Å². The highest BCUT2D eigenvalue weighted by Gasteiger charge is 2.51. The lowest BCUT2D eigenvalue weighted by molar-refractivity contribution is -0.00518. The van der Waals surface area contributed by atoms with Gasteiger partial charge in [0.25, 0.3) is 0 Å². The van der Waals surface area contributed by atoms with Crippen molar-refractivity contribution in [3.8, 4) is 0 Å². The summed E-state index contributed by atoms with van der Waals surface area (Å²) in [6, 6.07) is 17.7. The molecule has 0 spiro atoms. The van der Waals surface area contributed by atoms with Crippen LogP contribution in [0.2, 0.25) is 0 Å². The second-order valence-corrected chi connectivity index (χ2v) is 8.91. The summed E-state index contributed by atoms with van der Waals surface area (Å²) in [7, 11) is 0. The van der Waals surface area contributed by atoms with E-state index < -0.39 is 0 Å². The number of hydrogen-bond donors (Lipinski definition) is 0. The SMILES string of the molecule is Cc1ccc(C=Nc2ccc(C34CC5CC(CC(C5)C3)C4)cc2)cc1. The predicted octanol–water partition coefficient (Wildman–Crippen LogP) is 6.21. The van der Waals surface area contributed by atoms with E-state index in [2.05, 4.69) is 60.4 Å². The molecular formula is C24H27N. The lowest BCUT2D eigenvalue weighted by Gasteiger charge is -2.57. The molecule has 4 aliphatic carbocycles. The number of benzene rings is 2. The summed E-state index contributed by atoms with van der Waals surface area (Å²) in [5.74, 6) is 3.02. The Labute approximate surface area is 151 Å². The smallest absolute Gasteiger partial charge is 0.0630 e. The number of hydrogen-bond acceptors (Lipinski definition) is 1. The van der Waals surface area contributed by atoms with Gasteiger partial charge in [0, 0.05) is 6.21 Å². The summed E-state index contributed by atoms with van der Waals surface area (Å²) in [4.78, 5) is 4.67. The van der Waals surface area contributed by atoms with Gasteiger partial charge in [0.15, 0.2) is 0 Å². The first-order chi connectivity index (χ1) is 12.2. The van der Waals surface area contributed by atoms with Gasteiger partial charge in [-0.1, -0.05) is 42.0 Å². The topological polar surface area (TPSA) is 12.4 Å².